The van der Waals surface area contributed by atoms with Crippen LogP contribution in [0.4, 0.5) is 0 Å². The molecule has 1 fully saturated rings. The van der Waals surface area contributed by atoms with Gasteiger partial charge in [-0.15, -0.1) is 6.54 Å². The Balaban J connectivity index is 0. The van der Waals surface area contributed by atoms with E-state index in [1.165, 1.54) is 19.5 Å². The van der Waals surface area contributed by atoms with Gasteiger partial charge in [0.15, 0.2) is 0 Å². The number of likely N-dealkylation sites (tertiary alicyclic amines) is 1. The van der Waals surface area contributed by atoms with Gasteiger partial charge in [-0.05, 0) is 13.6 Å². The van der Waals surface area contributed by atoms with Crippen molar-refractivity contribution in [1.82, 2.24) is 4.90 Å². The molecule has 0 spiro atoms. The molecule has 1 aliphatic rings. The van der Waals surface area contributed by atoms with Gasteiger partial charge >= 0.3 is 21.1 Å². The maximum Gasteiger partial charge on any atom is 2.00 e. The molecule has 2 heteroatoms. The van der Waals surface area contributed by atoms with Gasteiger partial charge in [-0.2, -0.15) is 6.42 Å². The summed E-state index contributed by atoms with van der Waals surface area (Å²) in [5, 5.41) is 0. The largest absolute Gasteiger partial charge is 2.00 e. The quantitative estimate of drug-likeness (QED) is 0.599. The molecule has 0 N–H and O–H groups in total. The van der Waals surface area contributed by atoms with E-state index in [1.54, 1.807) is 0 Å². The molecule has 0 saturated carbocycles. The van der Waals surface area contributed by atoms with Crippen molar-refractivity contribution in [2.24, 2.45) is 0 Å². The van der Waals surface area contributed by atoms with Crippen molar-refractivity contribution >= 4 is 0 Å². The number of hydrogen-bond acceptors (Lipinski definition) is 1. The zero-order valence-corrected chi connectivity index (χ0v) is 8.49. The van der Waals surface area contributed by atoms with E-state index in [9.17, 15) is 0 Å². The Hall–Kier alpha value is 0.648. The summed E-state index contributed by atoms with van der Waals surface area (Å²) in [5.41, 5.74) is 0. The van der Waals surface area contributed by atoms with Gasteiger partial charge in [0.2, 0.25) is 0 Å². The minimum atomic E-state index is 0. The maximum absolute atomic E-state index is 2.31. The van der Waals surface area contributed by atoms with Crippen molar-refractivity contribution in [2.75, 3.05) is 20.1 Å². The average molecular weight is 283 g/mol. The standard InChI is InChI=1S/C5H10N.CH3.W/c1-6-4-2-3-5-6;;/h2H,3-5H2,1H3;1H3;/q2*-1;+2. The van der Waals surface area contributed by atoms with E-state index in [2.05, 4.69) is 18.4 Å². The molecule has 1 saturated heterocycles. The molecule has 0 radical (unpaired) electrons. The molecule has 1 nitrogen and oxygen atoms in total. The normalized spacial score (nSPS) is 19.1. The van der Waals surface area contributed by atoms with Crippen LogP contribution in [0.25, 0.3) is 0 Å². The molecule has 0 aromatic heterocycles. The summed E-state index contributed by atoms with van der Waals surface area (Å²) in [6.45, 7) is 2.46. The Morgan fingerprint density at radius 3 is 2.25 bits per heavy atom. The Morgan fingerprint density at radius 1 is 1.50 bits per heavy atom. The van der Waals surface area contributed by atoms with Gasteiger partial charge in [0.25, 0.3) is 0 Å². The van der Waals surface area contributed by atoms with Crippen LogP contribution in [0.1, 0.15) is 6.42 Å². The van der Waals surface area contributed by atoms with Crippen molar-refractivity contribution in [3.8, 4) is 0 Å². The summed E-state index contributed by atoms with van der Waals surface area (Å²) >= 11 is 0. The zero-order valence-electron chi connectivity index (χ0n) is 5.55. The van der Waals surface area contributed by atoms with E-state index >= 15 is 0 Å². The molecular formula is C6H13NW. The van der Waals surface area contributed by atoms with Gasteiger partial charge in [0, 0.05) is 0 Å². The fraction of sp³-hybridized carbons (Fsp3) is 0.667. The predicted molar refractivity (Wildman–Crippen MR) is 32.8 cm³/mol. The first kappa shape index (κ1) is 11.4. The zero-order chi connectivity index (χ0) is 4.41. The molecular weight excluding hydrogens is 270 g/mol. The van der Waals surface area contributed by atoms with Gasteiger partial charge in [-0.25, -0.2) is 0 Å². The molecule has 1 aliphatic heterocycles. The third kappa shape index (κ3) is 3.63. The van der Waals surface area contributed by atoms with E-state index in [4.69, 9.17) is 0 Å². The predicted octanol–water partition coefficient (Wildman–Crippen LogP) is 0.974. The maximum atomic E-state index is 2.31. The fourth-order valence-corrected chi connectivity index (χ4v) is 0.715. The van der Waals surface area contributed by atoms with Gasteiger partial charge in [0.1, 0.15) is 0 Å². The summed E-state index contributed by atoms with van der Waals surface area (Å²) < 4.78 is 0. The van der Waals surface area contributed by atoms with E-state index in [1.807, 2.05) is 0 Å². The Morgan fingerprint density at radius 2 is 2.12 bits per heavy atom. The first-order valence-electron chi connectivity index (χ1n) is 2.40. The second kappa shape index (κ2) is 5.78. The molecule has 0 aliphatic carbocycles. The molecule has 48 valence electrons. The molecule has 0 unspecified atom stereocenters. The summed E-state index contributed by atoms with van der Waals surface area (Å²) in [5.74, 6) is 0. The smallest absolute Gasteiger partial charge is 0.358 e. The minimum absolute atomic E-state index is 0. The summed E-state index contributed by atoms with van der Waals surface area (Å²) in [6.07, 6.45) is 3.59. The molecule has 0 amide bonds. The fourth-order valence-electron chi connectivity index (χ4n) is 0.715. The van der Waals surface area contributed by atoms with Crippen LogP contribution in [-0.4, -0.2) is 25.0 Å². The molecule has 0 atom stereocenters. The Bertz CT molecular complexity index is 41.8. The van der Waals surface area contributed by atoms with Gasteiger partial charge < -0.3 is 18.7 Å². The molecule has 0 aromatic rings. The van der Waals surface area contributed by atoms with Crippen LogP contribution < -0.4 is 0 Å². The van der Waals surface area contributed by atoms with E-state index < -0.39 is 0 Å². The second-order valence-corrected chi connectivity index (χ2v) is 1.84. The van der Waals surface area contributed by atoms with Crippen LogP contribution in [0.5, 0.6) is 0 Å². The third-order valence-corrected chi connectivity index (χ3v) is 1.16. The van der Waals surface area contributed by atoms with Gasteiger partial charge in [-0.1, -0.05) is 0 Å². The van der Waals surface area contributed by atoms with Gasteiger partial charge in [0.05, 0.1) is 0 Å². The van der Waals surface area contributed by atoms with Crippen molar-refractivity contribution < 1.29 is 21.1 Å². The van der Waals surface area contributed by atoms with Crippen molar-refractivity contribution in [3.63, 3.8) is 0 Å². The minimum Gasteiger partial charge on any atom is -0.358 e. The second-order valence-electron chi connectivity index (χ2n) is 1.84. The van der Waals surface area contributed by atoms with E-state index in [0.717, 1.165) is 0 Å². The monoisotopic (exact) mass is 283 g/mol. The molecule has 0 aromatic carbocycles. The average Bonchev–Trinajstić information content (AvgIpc) is 1.86. The van der Waals surface area contributed by atoms with Crippen LogP contribution in [0.2, 0.25) is 0 Å². The molecule has 8 heavy (non-hydrogen) atoms. The van der Waals surface area contributed by atoms with Crippen molar-refractivity contribution in [3.05, 3.63) is 13.8 Å². The molecule has 1 rings (SSSR count). The SMILES string of the molecule is CN1C[CH-]CC1.[CH3-].[W+2]. The van der Waals surface area contributed by atoms with Crippen LogP contribution in [0.3, 0.4) is 0 Å². The number of hydrogen-bond donors (Lipinski definition) is 0. The summed E-state index contributed by atoms with van der Waals surface area (Å²) in [6, 6.07) is 0. The Labute approximate surface area is 66.7 Å². The summed E-state index contributed by atoms with van der Waals surface area (Å²) in [7, 11) is 2.14. The first-order valence-corrected chi connectivity index (χ1v) is 2.40. The summed E-state index contributed by atoms with van der Waals surface area (Å²) in [4.78, 5) is 2.31. The van der Waals surface area contributed by atoms with Crippen molar-refractivity contribution in [2.45, 2.75) is 6.42 Å². The van der Waals surface area contributed by atoms with Crippen LogP contribution in [0.15, 0.2) is 0 Å². The van der Waals surface area contributed by atoms with Gasteiger partial charge in [-0.3, -0.25) is 0 Å². The van der Waals surface area contributed by atoms with E-state index in [0.29, 0.717) is 0 Å². The first-order chi connectivity index (χ1) is 2.89. The molecule has 0 bridgehead atoms. The number of nitrogens with zero attached hydrogens (tertiary/aromatic N) is 1. The van der Waals surface area contributed by atoms with Crippen LogP contribution in [-0.2, 0) is 21.1 Å². The van der Waals surface area contributed by atoms with Crippen LogP contribution in [0, 0.1) is 13.8 Å². The van der Waals surface area contributed by atoms with Crippen LogP contribution >= 0.6 is 0 Å². The number of rotatable bonds is 0. The van der Waals surface area contributed by atoms with E-state index in [-0.39, 0.29) is 28.5 Å². The molecule has 1 heterocycles. The van der Waals surface area contributed by atoms with Crippen molar-refractivity contribution in [1.29, 1.82) is 0 Å². The topological polar surface area (TPSA) is 3.24 Å². The third-order valence-electron chi connectivity index (χ3n) is 1.16. The Kier molecular flexibility index (Phi) is 8.27.